The predicted octanol–water partition coefficient (Wildman–Crippen LogP) is 5.06. The number of rotatable bonds is 5. The molecule has 7 heteroatoms. The Balaban J connectivity index is 1.56. The number of anilines is 1. The molecule has 2 aromatic carbocycles. The van der Waals surface area contributed by atoms with Crippen LogP contribution in [-0.4, -0.2) is 24.1 Å². The summed E-state index contributed by atoms with van der Waals surface area (Å²) in [7, 11) is 1.38. The van der Waals surface area contributed by atoms with Gasteiger partial charge in [0.25, 0.3) is 0 Å². The van der Waals surface area contributed by atoms with Crippen molar-refractivity contribution in [1.29, 1.82) is 0 Å². The van der Waals surface area contributed by atoms with Gasteiger partial charge in [-0.05, 0) is 54.6 Å². The molecule has 164 valence electrons. The van der Waals surface area contributed by atoms with Crippen molar-refractivity contribution >= 4 is 45.5 Å². The second-order valence-electron chi connectivity index (χ2n) is 7.60. The largest absolute Gasteiger partial charge is 0.465 e. The number of thiophene rings is 1. The zero-order valence-corrected chi connectivity index (χ0v) is 19.4. The highest BCUT2D eigenvalue weighted by atomic mass is 32.1. The summed E-state index contributed by atoms with van der Waals surface area (Å²) >= 11 is 6.98. The van der Waals surface area contributed by atoms with Crippen molar-refractivity contribution in [2.75, 3.05) is 12.4 Å². The summed E-state index contributed by atoms with van der Waals surface area (Å²) in [6.07, 6.45) is 3.94. The van der Waals surface area contributed by atoms with Crippen LogP contribution in [0.1, 0.15) is 50.7 Å². The number of ether oxygens (including phenoxy) is 1. The molecule has 1 aliphatic rings. The number of carbonyl (C=O) groups excluding carboxylic acids is 2. The van der Waals surface area contributed by atoms with Crippen LogP contribution >= 0.6 is 23.6 Å². The van der Waals surface area contributed by atoms with E-state index in [2.05, 4.69) is 10.6 Å². The maximum absolute atomic E-state index is 13.3. The van der Waals surface area contributed by atoms with Crippen LogP contribution in [0.3, 0.4) is 0 Å². The predicted molar refractivity (Wildman–Crippen MR) is 131 cm³/mol. The summed E-state index contributed by atoms with van der Waals surface area (Å²) in [6.45, 7) is 0. The van der Waals surface area contributed by atoms with Crippen molar-refractivity contribution in [3.63, 3.8) is 0 Å². The second-order valence-corrected chi connectivity index (χ2v) is 9.12. The van der Waals surface area contributed by atoms with Crippen molar-refractivity contribution in [2.24, 2.45) is 0 Å². The van der Waals surface area contributed by atoms with Crippen molar-refractivity contribution in [2.45, 2.75) is 31.6 Å². The number of esters is 1. The summed E-state index contributed by atoms with van der Waals surface area (Å²) < 4.78 is 5.02. The van der Waals surface area contributed by atoms with E-state index >= 15 is 0 Å². The van der Waals surface area contributed by atoms with Gasteiger partial charge in [0.05, 0.1) is 18.6 Å². The Bertz CT molecular complexity index is 1090. The molecule has 1 heterocycles. The number of carbonyl (C=O) groups is 2. The van der Waals surface area contributed by atoms with Gasteiger partial charge in [-0.25, -0.2) is 4.79 Å². The molecule has 0 radical (unpaired) electrons. The minimum Gasteiger partial charge on any atom is -0.465 e. The molecule has 3 aromatic rings. The lowest BCUT2D eigenvalue weighted by atomic mass is 9.90. The fourth-order valence-corrected chi connectivity index (χ4v) is 5.63. The number of hydrogen-bond acceptors (Lipinski definition) is 5. The number of methoxy groups -OCH3 is 1. The SMILES string of the molecule is COC(=O)c1c(NC(=S)NC(=O)C(c2ccccc2)c2ccccc2)sc2c1CCCC2. The fourth-order valence-electron chi connectivity index (χ4n) is 4.08. The Morgan fingerprint density at radius 1 is 0.969 bits per heavy atom. The van der Waals surface area contributed by atoms with Gasteiger partial charge in [0.15, 0.2) is 5.11 Å². The van der Waals surface area contributed by atoms with Crippen LogP contribution < -0.4 is 10.6 Å². The Labute approximate surface area is 196 Å². The van der Waals surface area contributed by atoms with Crippen LogP contribution in [0.2, 0.25) is 0 Å². The Morgan fingerprint density at radius 2 is 1.56 bits per heavy atom. The molecule has 0 unspecified atom stereocenters. The van der Waals surface area contributed by atoms with Crippen LogP contribution in [0.5, 0.6) is 0 Å². The van der Waals surface area contributed by atoms with E-state index in [0.717, 1.165) is 42.4 Å². The molecule has 0 atom stereocenters. The van der Waals surface area contributed by atoms with Crippen molar-refractivity contribution < 1.29 is 14.3 Å². The monoisotopic (exact) mass is 464 g/mol. The molecular formula is C25H24N2O3S2. The van der Waals surface area contributed by atoms with Gasteiger partial charge in [-0.3, -0.25) is 4.79 Å². The average Bonchev–Trinajstić information content (AvgIpc) is 3.17. The molecule has 1 amide bonds. The minimum absolute atomic E-state index is 0.163. The van der Waals surface area contributed by atoms with Gasteiger partial charge in [0.2, 0.25) is 5.91 Å². The molecule has 1 aliphatic carbocycles. The zero-order chi connectivity index (χ0) is 22.5. The highest BCUT2D eigenvalue weighted by Gasteiger charge is 2.28. The number of aryl methyl sites for hydroxylation is 1. The third-order valence-electron chi connectivity index (χ3n) is 5.55. The van der Waals surface area contributed by atoms with Crippen LogP contribution in [0.25, 0.3) is 0 Å². The maximum atomic E-state index is 13.3. The molecular weight excluding hydrogens is 440 g/mol. The normalized spacial score (nSPS) is 12.7. The molecule has 4 rings (SSSR count). The van der Waals surface area contributed by atoms with Gasteiger partial charge >= 0.3 is 5.97 Å². The molecule has 0 spiro atoms. The van der Waals surface area contributed by atoms with E-state index in [1.807, 2.05) is 60.7 Å². The quantitative estimate of drug-likeness (QED) is 0.408. The van der Waals surface area contributed by atoms with Gasteiger partial charge in [-0.1, -0.05) is 60.7 Å². The number of benzene rings is 2. The Morgan fingerprint density at radius 3 is 2.16 bits per heavy atom. The first-order chi connectivity index (χ1) is 15.6. The Hall–Kier alpha value is -3.03. The molecule has 2 N–H and O–H groups in total. The van der Waals surface area contributed by atoms with E-state index in [1.165, 1.54) is 23.3 Å². The topological polar surface area (TPSA) is 67.4 Å². The van der Waals surface area contributed by atoms with Gasteiger partial charge in [-0.2, -0.15) is 0 Å². The minimum atomic E-state index is -0.506. The van der Waals surface area contributed by atoms with Gasteiger partial charge in [-0.15, -0.1) is 11.3 Å². The Kier molecular flexibility index (Phi) is 6.97. The highest BCUT2D eigenvalue weighted by molar-refractivity contribution is 7.80. The lowest BCUT2D eigenvalue weighted by Gasteiger charge is -2.18. The second kappa shape index (κ2) is 10.1. The number of nitrogens with one attached hydrogen (secondary N) is 2. The first-order valence-electron chi connectivity index (χ1n) is 10.5. The van der Waals surface area contributed by atoms with E-state index in [-0.39, 0.29) is 17.0 Å². The number of thiocarbonyl (C=S) groups is 1. The highest BCUT2D eigenvalue weighted by Crippen LogP contribution is 2.38. The standard InChI is InChI=1S/C25H24N2O3S2/c1-30-24(29)21-18-14-8-9-15-19(18)32-23(21)27-25(31)26-22(28)20(16-10-4-2-5-11-16)17-12-6-3-7-13-17/h2-7,10-13,20H,8-9,14-15H2,1H3,(H2,26,27,28,31). The fraction of sp³-hybridized carbons (Fsp3) is 0.240. The smallest absolute Gasteiger partial charge is 0.341 e. The zero-order valence-electron chi connectivity index (χ0n) is 17.7. The first-order valence-corrected chi connectivity index (χ1v) is 11.8. The molecule has 0 fully saturated rings. The summed E-state index contributed by atoms with van der Waals surface area (Å²) in [6, 6.07) is 19.2. The summed E-state index contributed by atoms with van der Waals surface area (Å²) in [5, 5.41) is 6.71. The van der Waals surface area contributed by atoms with Crippen LogP contribution in [0, 0.1) is 0 Å². The van der Waals surface area contributed by atoms with Crippen LogP contribution in [0.15, 0.2) is 60.7 Å². The van der Waals surface area contributed by atoms with E-state index in [9.17, 15) is 9.59 Å². The molecule has 32 heavy (non-hydrogen) atoms. The van der Waals surface area contributed by atoms with E-state index in [0.29, 0.717) is 10.6 Å². The molecule has 0 aliphatic heterocycles. The van der Waals surface area contributed by atoms with Crippen molar-refractivity contribution in [3.8, 4) is 0 Å². The van der Waals surface area contributed by atoms with Gasteiger partial charge in [0.1, 0.15) is 5.00 Å². The summed E-state index contributed by atoms with van der Waals surface area (Å²) in [4.78, 5) is 26.9. The number of hydrogen-bond donors (Lipinski definition) is 2. The molecule has 0 saturated carbocycles. The molecule has 1 aromatic heterocycles. The van der Waals surface area contributed by atoms with E-state index in [4.69, 9.17) is 17.0 Å². The molecule has 5 nitrogen and oxygen atoms in total. The molecule has 0 saturated heterocycles. The van der Waals surface area contributed by atoms with E-state index < -0.39 is 5.92 Å². The van der Waals surface area contributed by atoms with Crippen LogP contribution in [0.4, 0.5) is 5.00 Å². The third kappa shape index (κ3) is 4.74. The summed E-state index contributed by atoms with van der Waals surface area (Å²) in [5.74, 6) is -1.12. The van der Waals surface area contributed by atoms with Crippen molar-refractivity contribution in [1.82, 2.24) is 5.32 Å². The van der Waals surface area contributed by atoms with Crippen molar-refractivity contribution in [3.05, 3.63) is 87.8 Å². The molecule has 0 bridgehead atoms. The van der Waals surface area contributed by atoms with Gasteiger partial charge < -0.3 is 15.4 Å². The van der Waals surface area contributed by atoms with E-state index in [1.54, 1.807) is 0 Å². The lowest BCUT2D eigenvalue weighted by molar-refractivity contribution is -0.120. The number of fused-ring (bicyclic) bond motifs is 1. The third-order valence-corrected chi connectivity index (χ3v) is 6.96. The average molecular weight is 465 g/mol. The number of amides is 1. The summed E-state index contributed by atoms with van der Waals surface area (Å²) in [5.41, 5.74) is 3.32. The van der Waals surface area contributed by atoms with Crippen LogP contribution in [-0.2, 0) is 22.4 Å². The lowest BCUT2D eigenvalue weighted by Crippen LogP contribution is -2.38. The first kappa shape index (κ1) is 22.2. The van der Waals surface area contributed by atoms with Gasteiger partial charge in [0, 0.05) is 4.88 Å². The maximum Gasteiger partial charge on any atom is 0.341 e.